The van der Waals surface area contributed by atoms with Gasteiger partial charge < -0.3 is 7.58 Å². The molecular weight excluding hydrogens is 325 g/mol. The van der Waals surface area contributed by atoms with Crippen molar-refractivity contribution in [3.63, 3.8) is 0 Å². The molecule has 0 saturated carbocycles. The predicted molar refractivity (Wildman–Crippen MR) is 102 cm³/mol. The van der Waals surface area contributed by atoms with Crippen molar-refractivity contribution in [3.8, 4) is 11.5 Å². The van der Waals surface area contributed by atoms with Gasteiger partial charge in [-0.2, -0.15) is 0 Å². The number of fused-ring (bicyclic) bond motifs is 2. The summed E-state index contributed by atoms with van der Waals surface area (Å²) in [6.07, 6.45) is 0. The summed E-state index contributed by atoms with van der Waals surface area (Å²) in [6.45, 7) is 4.05. The summed E-state index contributed by atoms with van der Waals surface area (Å²) < 4.78 is 11.8. The van der Waals surface area contributed by atoms with Crippen LogP contribution in [0.15, 0.2) is 66.7 Å². The van der Waals surface area contributed by atoms with E-state index in [9.17, 15) is 0 Å². The predicted octanol–water partition coefficient (Wildman–Crippen LogP) is 5.00. The zero-order chi connectivity index (χ0) is 17.2. The smallest absolute Gasteiger partial charge is 0.616 e. The van der Waals surface area contributed by atoms with E-state index in [-0.39, 0.29) is 0 Å². The minimum atomic E-state index is -0.667. The van der Waals surface area contributed by atoms with E-state index in [0.717, 1.165) is 39.0 Å². The molecular formula is C21H17AlNO2. The fourth-order valence-corrected chi connectivity index (χ4v) is 3.49. The molecule has 0 unspecified atom stereocenters. The molecule has 0 atom stereocenters. The van der Waals surface area contributed by atoms with E-state index in [1.165, 1.54) is 5.39 Å². The van der Waals surface area contributed by atoms with Crippen LogP contribution in [0.25, 0.3) is 21.7 Å². The summed E-state index contributed by atoms with van der Waals surface area (Å²) in [6, 6.07) is 22.6. The van der Waals surface area contributed by atoms with Crippen LogP contribution in [0, 0.1) is 13.8 Å². The molecule has 25 heavy (non-hydrogen) atoms. The van der Waals surface area contributed by atoms with Crippen LogP contribution >= 0.6 is 0 Å². The van der Waals surface area contributed by atoms with Crippen LogP contribution in [0.2, 0.25) is 0 Å². The van der Waals surface area contributed by atoms with Crippen LogP contribution in [0.4, 0.5) is 0 Å². The molecule has 0 N–H and O–H groups in total. The Morgan fingerprint density at radius 1 is 0.760 bits per heavy atom. The van der Waals surface area contributed by atoms with Gasteiger partial charge in [0.1, 0.15) is 11.3 Å². The van der Waals surface area contributed by atoms with Crippen molar-refractivity contribution in [1.82, 2.24) is 4.98 Å². The number of nitrogens with zero attached hydrogens (tertiary/aromatic N) is 1. The maximum Gasteiger partial charge on any atom is 0.881 e. The first-order chi connectivity index (χ1) is 12.2. The number of rotatable bonds is 4. The molecule has 0 aliphatic rings. The SMILES string of the molecule is Cc1cc([O][Al][O]c2ccc3ccccc3c2)c2nc(C)ccc2c1. The molecule has 4 heteroatoms. The topological polar surface area (TPSA) is 31.4 Å². The highest BCUT2D eigenvalue weighted by atomic mass is 27.2. The highest BCUT2D eigenvalue weighted by Gasteiger charge is 2.11. The van der Waals surface area contributed by atoms with Gasteiger partial charge in [0.25, 0.3) is 0 Å². The number of hydrogen-bond donors (Lipinski definition) is 0. The molecule has 3 nitrogen and oxygen atoms in total. The van der Waals surface area contributed by atoms with Crippen molar-refractivity contribution >= 4 is 37.6 Å². The van der Waals surface area contributed by atoms with E-state index >= 15 is 0 Å². The molecule has 4 aromatic rings. The fraction of sp³-hybridized carbons (Fsp3) is 0.0952. The third kappa shape index (κ3) is 3.46. The zero-order valence-electron chi connectivity index (χ0n) is 14.2. The molecule has 0 saturated heterocycles. The Bertz CT molecular complexity index is 1060. The van der Waals surface area contributed by atoms with Gasteiger partial charge >= 0.3 is 15.9 Å². The summed E-state index contributed by atoms with van der Waals surface area (Å²) in [5.41, 5.74) is 3.02. The number of aromatic nitrogens is 1. The van der Waals surface area contributed by atoms with Crippen molar-refractivity contribution < 1.29 is 7.58 Å². The van der Waals surface area contributed by atoms with Crippen LogP contribution in [0.1, 0.15) is 11.3 Å². The summed E-state index contributed by atoms with van der Waals surface area (Å²) >= 11 is -0.667. The number of aryl methyl sites for hydroxylation is 2. The van der Waals surface area contributed by atoms with Crippen molar-refractivity contribution in [2.75, 3.05) is 0 Å². The first-order valence-corrected chi connectivity index (χ1v) is 9.15. The average molecular weight is 342 g/mol. The van der Waals surface area contributed by atoms with Crippen LogP contribution < -0.4 is 7.58 Å². The molecule has 4 rings (SSSR count). The normalized spacial score (nSPS) is 10.8. The molecule has 3 aromatic carbocycles. The van der Waals surface area contributed by atoms with Crippen LogP contribution in [-0.2, 0) is 0 Å². The maximum atomic E-state index is 5.97. The minimum Gasteiger partial charge on any atom is -0.616 e. The summed E-state index contributed by atoms with van der Waals surface area (Å²) in [5, 5.41) is 3.46. The van der Waals surface area contributed by atoms with Gasteiger partial charge in [-0.15, -0.1) is 0 Å². The fourth-order valence-electron chi connectivity index (χ4n) is 2.91. The lowest BCUT2D eigenvalue weighted by Crippen LogP contribution is -2.11. The molecule has 1 aromatic heterocycles. The Labute approximate surface area is 153 Å². The standard InChI is InChI=1S/C11H11NO.C10H8O.Al/c1-7-5-9-4-3-8(2)12-11(9)10(13)6-7;11-10-6-5-8-3-1-2-4-9(8)7-10;/h3-6,13H,1-2H3;1-7,11H;/q;;+2/p-2. The maximum absolute atomic E-state index is 5.97. The van der Waals surface area contributed by atoms with E-state index in [1.807, 2.05) is 43.3 Å². The molecule has 1 heterocycles. The lowest BCUT2D eigenvalue weighted by atomic mass is 10.1. The number of benzene rings is 3. The average Bonchev–Trinajstić information content (AvgIpc) is 2.62. The van der Waals surface area contributed by atoms with Gasteiger partial charge in [-0.1, -0.05) is 36.4 Å². The first-order valence-electron chi connectivity index (χ1n) is 8.21. The van der Waals surface area contributed by atoms with E-state index in [0.29, 0.717) is 0 Å². The van der Waals surface area contributed by atoms with Gasteiger partial charge in [0.2, 0.25) is 0 Å². The Kier molecular flexibility index (Phi) is 4.31. The van der Waals surface area contributed by atoms with Gasteiger partial charge in [-0.05, 0) is 60.5 Å². The first kappa shape index (κ1) is 16.0. The van der Waals surface area contributed by atoms with Crippen LogP contribution in [0.3, 0.4) is 0 Å². The third-order valence-electron chi connectivity index (χ3n) is 4.12. The van der Waals surface area contributed by atoms with Gasteiger partial charge in [-0.25, -0.2) is 4.98 Å². The van der Waals surface area contributed by atoms with Gasteiger partial charge in [0.05, 0.1) is 5.75 Å². The summed E-state index contributed by atoms with van der Waals surface area (Å²) in [5.74, 6) is 1.62. The molecule has 1 radical (unpaired) electrons. The van der Waals surface area contributed by atoms with Gasteiger partial charge in [-0.3, -0.25) is 0 Å². The molecule has 0 bridgehead atoms. The second-order valence-corrected chi connectivity index (χ2v) is 6.79. The van der Waals surface area contributed by atoms with Crippen LogP contribution in [-0.4, -0.2) is 20.9 Å². The molecule has 0 aliphatic carbocycles. The molecule has 0 fully saturated rings. The van der Waals surface area contributed by atoms with Crippen LogP contribution in [0.5, 0.6) is 11.5 Å². The Balaban J connectivity index is 1.54. The minimum absolute atomic E-state index is 0.667. The van der Waals surface area contributed by atoms with Crippen molar-refractivity contribution in [3.05, 3.63) is 78.0 Å². The van der Waals surface area contributed by atoms with Gasteiger partial charge in [0.15, 0.2) is 0 Å². The van der Waals surface area contributed by atoms with Gasteiger partial charge in [0, 0.05) is 11.1 Å². The molecule has 0 amide bonds. The highest BCUT2D eigenvalue weighted by Crippen LogP contribution is 2.26. The number of hydrogen-bond acceptors (Lipinski definition) is 3. The summed E-state index contributed by atoms with van der Waals surface area (Å²) in [4.78, 5) is 4.62. The Morgan fingerprint density at radius 2 is 1.56 bits per heavy atom. The van der Waals surface area contributed by atoms with E-state index < -0.39 is 15.9 Å². The quantitative estimate of drug-likeness (QED) is 0.489. The van der Waals surface area contributed by atoms with Crippen molar-refractivity contribution in [2.45, 2.75) is 13.8 Å². The highest BCUT2D eigenvalue weighted by molar-refractivity contribution is 6.21. The zero-order valence-corrected chi connectivity index (χ0v) is 15.3. The molecule has 0 spiro atoms. The second-order valence-electron chi connectivity index (χ2n) is 6.13. The van der Waals surface area contributed by atoms with E-state index in [2.05, 4.69) is 42.2 Å². The second kappa shape index (κ2) is 6.76. The largest absolute Gasteiger partial charge is 0.881 e. The van der Waals surface area contributed by atoms with Crippen molar-refractivity contribution in [1.29, 1.82) is 0 Å². The lowest BCUT2D eigenvalue weighted by molar-refractivity contribution is 0.461. The van der Waals surface area contributed by atoms with Crippen molar-refractivity contribution in [2.24, 2.45) is 0 Å². The molecule has 121 valence electrons. The lowest BCUT2D eigenvalue weighted by Gasteiger charge is -2.12. The summed E-state index contributed by atoms with van der Waals surface area (Å²) in [7, 11) is 0. The Hall–Kier alpha value is -2.54. The van der Waals surface area contributed by atoms with E-state index in [1.54, 1.807) is 0 Å². The number of pyridine rings is 1. The third-order valence-corrected chi connectivity index (χ3v) is 4.84. The van der Waals surface area contributed by atoms with E-state index in [4.69, 9.17) is 7.58 Å². The molecule has 0 aliphatic heterocycles. The monoisotopic (exact) mass is 342 g/mol. The Morgan fingerprint density at radius 3 is 2.44 bits per heavy atom.